The second-order valence-electron chi connectivity index (χ2n) is 6.08. The molecule has 2 aromatic rings. The van der Waals surface area contributed by atoms with E-state index in [0.717, 1.165) is 0 Å². The van der Waals surface area contributed by atoms with Gasteiger partial charge in [-0.25, -0.2) is 9.18 Å². The fraction of sp³-hybridized carbons (Fsp3) is 0.263. The predicted molar refractivity (Wildman–Crippen MR) is 93.9 cm³/mol. The van der Waals surface area contributed by atoms with Crippen molar-refractivity contribution in [3.8, 4) is 0 Å². The van der Waals surface area contributed by atoms with Crippen molar-refractivity contribution < 1.29 is 14.0 Å². The highest BCUT2D eigenvalue weighted by Gasteiger charge is 2.47. The SMILES string of the molecule is CCNC(=O)c1cccc(NC(=O)NC2(c3ccccc3F)CC2)c1. The molecule has 1 aliphatic rings. The summed E-state index contributed by atoms with van der Waals surface area (Å²) in [6.07, 6.45) is 1.39. The van der Waals surface area contributed by atoms with E-state index in [1.807, 2.05) is 6.92 Å². The summed E-state index contributed by atoms with van der Waals surface area (Å²) >= 11 is 0. The summed E-state index contributed by atoms with van der Waals surface area (Å²) in [4.78, 5) is 24.2. The standard InChI is InChI=1S/C19H20FN3O2/c1-2-21-17(24)13-6-5-7-14(12-13)22-18(25)23-19(10-11-19)15-8-3-4-9-16(15)20/h3-9,12H,2,10-11H2,1H3,(H,21,24)(H2,22,23,25). The molecule has 0 bridgehead atoms. The summed E-state index contributed by atoms with van der Waals surface area (Å²) in [5.74, 6) is -0.518. The average molecular weight is 341 g/mol. The first-order valence-corrected chi connectivity index (χ1v) is 8.26. The van der Waals surface area contributed by atoms with Crippen LogP contribution in [0.1, 0.15) is 35.7 Å². The van der Waals surface area contributed by atoms with Crippen LogP contribution in [-0.4, -0.2) is 18.5 Å². The van der Waals surface area contributed by atoms with E-state index in [-0.39, 0.29) is 11.7 Å². The molecule has 1 fully saturated rings. The molecule has 6 heteroatoms. The molecule has 3 rings (SSSR count). The molecule has 2 aromatic carbocycles. The van der Waals surface area contributed by atoms with Gasteiger partial charge in [0.05, 0.1) is 5.54 Å². The van der Waals surface area contributed by atoms with Gasteiger partial charge in [-0.3, -0.25) is 4.79 Å². The first kappa shape index (κ1) is 17.0. The molecule has 130 valence electrons. The van der Waals surface area contributed by atoms with Gasteiger partial charge in [-0.2, -0.15) is 0 Å². The number of carbonyl (C=O) groups is 2. The van der Waals surface area contributed by atoms with Crippen molar-refractivity contribution in [1.82, 2.24) is 10.6 Å². The van der Waals surface area contributed by atoms with Crippen molar-refractivity contribution in [2.75, 3.05) is 11.9 Å². The molecule has 0 atom stereocenters. The fourth-order valence-corrected chi connectivity index (χ4v) is 2.82. The Morgan fingerprint density at radius 2 is 1.88 bits per heavy atom. The number of halogens is 1. The Morgan fingerprint density at radius 1 is 1.12 bits per heavy atom. The van der Waals surface area contributed by atoms with Crippen LogP contribution < -0.4 is 16.0 Å². The zero-order valence-corrected chi connectivity index (χ0v) is 13.9. The predicted octanol–water partition coefficient (Wildman–Crippen LogP) is 3.39. The number of benzene rings is 2. The molecule has 0 spiro atoms. The van der Waals surface area contributed by atoms with Crippen molar-refractivity contribution in [2.45, 2.75) is 25.3 Å². The molecule has 3 N–H and O–H groups in total. The average Bonchev–Trinajstić information content (AvgIpc) is 3.36. The third-order valence-corrected chi connectivity index (χ3v) is 4.21. The van der Waals surface area contributed by atoms with Crippen LogP contribution in [0.25, 0.3) is 0 Å². The molecule has 5 nitrogen and oxygen atoms in total. The van der Waals surface area contributed by atoms with E-state index in [4.69, 9.17) is 0 Å². The number of hydrogen-bond acceptors (Lipinski definition) is 2. The highest BCUT2D eigenvalue weighted by Crippen LogP contribution is 2.46. The van der Waals surface area contributed by atoms with Crippen LogP contribution >= 0.6 is 0 Å². The lowest BCUT2D eigenvalue weighted by atomic mass is 10.0. The van der Waals surface area contributed by atoms with Gasteiger partial charge in [-0.1, -0.05) is 24.3 Å². The topological polar surface area (TPSA) is 70.2 Å². The van der Waals surface area contributed by atoms with Crippen molar-refractivity contribution in [3.05, 3.63) is 65.5 Å². The van der Waals surface area contributed by atoms with Crippen LogP contribution in [0, 0.1) is 5.82 Å². The van der Waals surface area contributed by atoms with E-state index in [0.29, 0.717) is 36.2 Å². The van der Waals surface area contributed by atoms with Gasteiger partial charge in [0.25, 0.3) is 5.91 Å². The first-order chi connectivity index (χ1) is 12.0. The Balaban J connectivity index is 1.68. The molecule has 0 aliphatic heterocycles. The highest BCUT2D eigenvalue weighted by molar-refractivity contribution is 5.97. The molecule has 0 saturated heterocycles. The maximum absolute atomic E-state index is 14.0. The third kappa shape index (κ3) is 3.79. The molecular formula is C19H20FN3O2. The quantitative estimate of drug-likeness (QED) is 0.780. The van der Waals surface area contributed by atoms with Gasteiger partial charge >= 0.3 is 6.03 Å². The minimum absolute atomic E-state index is 0.198. The van der Waals surface area contributed by atoms with E-state index in [1.54, 1.807) is 42.5 Å². The Hall–Kier alpha value is -2.89. The molecule has 0 aromatic heterocycles. The largest absolute Gasteiger partial charge is 0.352 e. The monoisotopic (exact) mass is 341 g/mol. The van der Waals surface area contributed by atoms with Crippen LogP contribution in [0.4, 0.5) is 14.9 Å². The number of nitrogens with one attached hydrogen (secondary N) is 3. The number of anilines is 1. The fourth-order valence-electron chi connectivity index (χ4n) is 2.82. The van der Waals surface area contributed by atoms with Gasteiger partial charge in [0.15, 0.2) is 0 Å². The second-order valence-corrected chi connectivity index (χ2v) is 6.08. The van der Waals surface area contributed by atoms with Crippen molar-refractivity contribution >= 4 is 17.6 Å². The minimum atomic E-state index is -0.646. The molecular weight excluding hydrogens is 321 g/mol. The summed E-state index contributed by atoms with van der Waals surface area (Å²) in [5.41, 5.74) is 0.828. The van der Waals surface area contributed by atoms with Crippen LogP contribution in [0.2, 0.25) is 0 Å². The van der Waals surface area contributed by atoms with Gasteiger partial charge in [0.2, 0.25) is 0 Å². The molecule has 25 heavy (non-hydrogen) atoms. The van der Waals surface area contributed by atoms with Gasteiger partial charge in [-0.15, -0.1) is 0 Å². The first-order valence-electron chi connectivity index (χ1n) is 8.26. The summed E-state index contributed by atoms with van der Waals surface area (Å²) in [6, 6.07) is 12.7. The van der Waals surface area contributed by atoms with Crippen LogP contribution in [0.3, 0.4) is 0 Å². The smallest absolute Gasteiger partial charge is 0.319 e. The number of hydrogen-bond donors (Lipinski definition) is 3. The molecule has 1 aliphatic carbocycles. The molecule has 3 amide bonds. The molecule has 1 saturated carbocycles. The highest BCUT2D eigenvalue weighted by atomic mass is 19.1. The Bertz CT molecular complexity index is 803. The third-order valence-electron chi connectivity index (χ3n) is 4.21. The maximum Gasteiger partial charge on any atom is 0.319 e. The normalized spacial score (nSPS) is 14.5. The summed E-state index contributed by atoms with van der Waals surface area (Å²) in [6.45, 7) is 2.37. The van der Waals surface area contributed by atoms with Gasteiger partial charge in [0, 0.05) is 23.4 Å². The summed E-state index contributed by atoms with van der Waals surface area (Å²) in [7, 11) is 0. The summed E-state index contributed by atoms with van der Waals surface area (Å²) < 4.78 is 14.0. The van der Waals surface area contributed by atoms with Gasteiger partial charge in [-0.05, 0) is 44.0 Å². The van der Waals surface area contributed by atoms with Crippen molar-refractivity contribution in [1.29, 1.82) is 0 Å². The zero-order chi connectivity index (χ0) is 17.9. The Labute approximate surface area is 145 Å². The molecule has 0 unspecified atom stereocenters. The van der Waals surface area contributed by atoms with Crippen LogP contribution in [0.5, 0.6) is 0 Å². The number of amides is 3. The molecule has 0 heterocycles. The van der Waals surface area contributed by atoms with Gasteiger partial charge in [0.1, 0.15) is 5.82 Å². The van der Waals surface area contributed by atoms with Crippen LogP contribution in [0.15, 0.2) is 48.5 Å². The second kappa shape index (κ2) is 6.93. The van der Waals surface area contributed by atoms with Gasteiger partial charge < -0.3 is 16.0 Å². The number of rotatable bonds is 5. The maximum atomic E-state index is 14.0. The van der Waals surface area contributed by atoms with E-state index >= 15 is 0 Å². The molecule has 0 radical (unpaired) electrons. The Morgan fingerprint density at radius 3 is 2.56 bits per heavy atom. The number of carbonyl (C=O) groups excluding carboxylic acids is 2. The summed E-state index contributed by atoms with van der Waals surface area (Å²) in [5, 5.41) is 8.28. The zero-order valence-electron chi connectivity index (χ0n) is 13.9. The Kier molecular flexibility index (Phi) is 4.70. The lowest BCUT2D eigenvalue weighted by Crippen LogP contribution is -2.38. The van der Waals surface area contributed by atoms with Crippen molar-refractivity contribution in [2.24, 2.45) is 0 Å². The van der Waals surface area contributed by atoms with E-state index in [2.05, 4.69) is 16.0 Å². The van der Waals surface area contributed by atoms with Crippen molar-refractivity contribution in [3.63, 3.8) is 0 Å². The van der Waals surface area contributed by atoms with E-state index in [9.17, 15) is 14.0 Å². The van der Waals surface area contributed by atoms with E-state index in [1.165, 1.54) is 6.07 Å². The van der Waals surface area contributed by atoms with E-state index < -0.39 is 11.6 Å². The van der Waals surface area contributed by atoms with Crippen LogP contribution in [-0.2, 0) is 5.54 Å². The number of urea groups is 1. The lowest BCUT2D eigenvalue weighted by molar-refractivity contribution is 0.0956. The lowest BCUT2D eigenvalue weighted by Gasteiger charge is -2.19. The minimum Gasteiger partial charge on any atom is -0.352 e.